The molecule has 5 nitrogen and oxygen atoms in total. The molecule has 1 fully saturated rings. The van der Waals surface area contributed by atoms with E-state index in [0.717, 1.165) is 41.9 Å². The zero-order chi connectivity index (χ0) is 23.4. The molecule has 33 heavy (non-hydrogen) atoms. The molecule has 170 valence electrons. The van der Waals surface area contributed by atoms with Gasteiger partial charge in [-0.3, -0.25) is 14.6 Å². The van der Waals surface area contributed by atoms with Gasteiger partial charge in [0, 0.05) is 48.6 Å². The lowest BCUT2D eigenvalue weighted by atomic mass is 9.92. The number of piperidine rings is 1. The monoisotopic (exact) mass is 445 g/mol. The van der Waals surface area contributed by atoms with Gasteiger partial charge in [-0.15, -0.1) is 0 Å². The Balaban J connectivity index is 1.47. The van der Waals surface area contributed by atoms with E-state index in [2.05, 4.69) is 17.4 Å². The smallest absolute Gasteiger partial charge is 0.253 e. The lowest BCUT2D eigenvalue weighted by Gasteiger charge is -2.33. The lowest BCUT2D eigenvalue weighted by molar-refractivity contribution is -0.114. The molecule has 0 radical (unpaired) electrons. The molecule has 1 atom stereocenters. The zero-order valence-corrected chi connectivity index (χ0v) is 19.0. The molecule has 0 saturated carbocycles. The first-order valence-corrected chi connectivity index (χ1v) is 11.3. The number of anilines is 1. The highest BCUT2D eigenvalue weighted by atomic mass is 19.1. The Kier molecular flexibility index (Phi) is 6.82. The average Bonchev–Trinajstić information content (AvgIpc) is 2.80. The van der Waals surface area contributed by atoms with Gasteiger partial charge in [-0.05, 0) is 85.8 Å². The summed E-state index contributed by atoms with van der Waals surface area (Å²) in [6.45, 7) is 4.78. The molecular formula is C27H28FN3O2. The van der Waals surface area contributed by atoms with E-state index in [1.165, 1.54) is 19.1 Å². The first kappa shape index (κ1) is 22.6. The molecule has 0 unspecified atom stereocenters. The number of nitrogens with zero attached hydrogens (tertiary/aromatic N) is 2. The Labute approximate surface area is 193 Å². The number of pyridine rings is 1. The summed E-state index contributed by atoms with van der Waals surface area (Å²) in [6.07, 6.45) is 2.62. The van der Waals surface area contributed by atoms with Gasteiger partial charge in [-0.1, -0.05) is 12.1 Å². The SMILES string of the molecule is CC(=O)Nc1ccc(C(=O)N2CCC[C@H](c3cc(Cc4ccc(F)cc4)cc(C)n3)C2)cc1. The van der Waals surface area contributed by atoms with Crippen molar-refractivity contribution in [1.82, 2.24) is 9.88 Å². The summed E-state index contributed by atoms with van der Waals surface area (Å²) in [5.41, 5.74) is 5.43. The average molecular weight is 446 g/mol. The molecule has 6 heteroatoms. The first-order chi connectivity index (χ1) is 15.9. The minimum Gasteiger partial charge on any atom is -0.338 e. The third-order valence-corrected chi connectivity index (χ3v) is 5.93. The number of benzene rings is 2. The molecule has 0 aliphatic carbocycles. The number of halogens is 1. The van der Waals surface area contributed by atoms with E-state index < -0.39 is 0 Å². The highest BCUT2D eigenvalue weighted by Gasteiger charge is 2.26. The van der Waals surface area contributed by atoms with Crippen LogP contribution in [0.5, 0.6) is 0 Å². The van der Waals surface area contributed by atoms with Gasteiger partial charge in [-0.2, -0.15) is 0 Å². The van der Waals surface area contributed by atoms with Crippen LogP contribution in [0.15, 0.2) is 60.7 Å². The summed E-state index contributed by atoms with van der Waals surface area (Å²) in [6, 6.07) is 17.8. The van der Waals surface area contributed by atoms with Gasteiger partial charge < -0.3 is 10.2 Å². The summed E-state index contributed by atoms with van der Waals surface area (Å²) < 4.78 is 13.2. The molecule has 0 spiro atoms. The van der Waals surface area contributed by atoms with Gasteiger partial charge in [0.1, 0.15) is 5.82 Å². The van der Waals surface area contributed by atoms with Crippen LogP contribution in [0.3, 0.4) is 0 Å². The van der Waals surface area contributed by atoms with E-state index >= 15 is 0 Å². The Morgan fingerprint density at radius 1 is 1.06 bits per heavy atom. The number of aryl methyl sites for hydroxylation is 1. The molecule has 2 heterocycles. The highest BCUT2D eigenvalue weighted by molar-refractivity contribution is 5.95. The second-order valence-corrected chi connectivity index (χ2v) is 8.69. The molecule has 0 bridgehead atoms. The lowest BCUT2D eigenvalue weighted by Crippen LogP contribution is -2.39. The van der Waals surface area contributed by atoms with E-state index in [-0.39, 0.29) is 23.5 Å². The van der Waals surface area contributed by atoms with E-state index in [1.807, 2.05) is 24.0 Å². The van der Waals surface area contributed by atoms with Crippen LogP contribution < -0.4 is 5.32 Å². The molecule has 2 aromatic carbocycles. The Hall–Kier alpha value is -3.54. The molecule has 1 aliphatic rings. The molecule has 1 aliphatic heterocycles. The Morgan fingerprint density at radius 3 is 2.48 bits per heavy atom. The normalized spacial score (nSPS) is 15.8. The van der Waals surface area contributed by atoms with E-state index in [1.54, 1.807) is 24.3 Å². The molecule has 1 N–H and O–H groups in total. The van der Waals surface area contributed by atoms with E-state index in [4.69, 9.17) is 4.98 Å². The van der Waals surface area contributed by atoms with Crippen molar-refractivity contribution in [3.05, 3.63) is 94.6 Å². The number of rotatable bonds is 5. The van der Waals surface area contributed by atoms with Gasteiger partial charge in [0.05, 0.1) is 0 Å². The van der Waals surface area contributed by atoms with Crippen molar-refractivity contribution in [2.75, 3.05) is 18.4 Å². The van der Waals surface area contributed by atoms with Gasteiger partial charge >= 0.3 is 0 Å². The van der Waals surface area contributed by atoms with Crippen molar-refractivity contribution in [2.45, 2.75) is 39.0 Å². The van der Waals surface area contributed by atoms with Crippen molar-refractivity contribution < 1.29 is 14.0 Å². The molecule has 4 rings (SSSR count). The second-order valence-electron chi connectivity index (χ2n) is 8.69. The van der Waals surface area contributed by atoms with Crippen LogP contribution in [0, 0.1) is 12.7 Å². The maximum atomic E-state index is 13.2. The summed E-state index contributed by atoms with van der Waals surface area (Å²) in [5.74, 6) is -0.207. The number of hydrogen-bond donors (Lipinski definition) is 1. The van der Waals surface area contributed by atoms with E-state index in [9.17, 15) is 14.0 Å². The maximum Gasteiger partial charge on any atom is 0.253 e. The molecule has 1 saturated heterocycles. The molecule has 2 amide bonds. The van der Waals surface area contributed by atoms with Gasteiger partial charge in [-0.25, -0.2) is 4.39 Å². The number of hydrogen-bond acceptors (Lipinski definition) is 3. The largest absolute Gasteiger partial charge is 0.338 e. The van der Waals surface area contributed by atoms with Crippen LogP contribution in [0.1, 0.15) is 58.6 Å². The number of carbonyl (C=O) groups excluding carboxylic acids is 2. The number of likely N-dealkylation sites (tertiary alicyclic amines) is 1. The Bertz CT molecular complexity index is 1140. The van der Waals surface area contributed by atoms with Gasteiger partial charge in [0.2, 0.25) is 5.91 Å². The second kappa shape index (κ2) is 9.94. The highest BCUT2D eigenvalue weighted by Crippen LogP contribution is 2.28. The van der Waals surface area contributed by atoms with Crippen LogP contribution >= 0.6 is 0 Å². The van der Waals surface area contributed by atoms with Crippen LogP contribution in [0.2, 0.25) is 0 Å². The quantitative estimate of drug-likeness (QED) is 0.594. The van der Waals surface area contributed by atoms with Crippen molar-refractivity contribution >= 4 is 17.5 Å². The summed E-state index contributed by atoms with van der Waals surface area (Å²) >= 11 is 0. The van der Waals surface area contributed by atoms with Crippen LogP contribution in [-0.4, -0.2) is 34.8 Å². The minimum absolute atomic E-state index is 0.00624. The number of amides is 2. The topological polar surface area (TPSA) is 62.3 Å². The predicted molar refractivity (Wildman–Crippen MR) is 127 cm³/mol. The summed E-state index contributed by atoms with van der Waals surface area (Å²) in [4.78, 5) is 31.0. The third-order valence-electron chi connectivity index (χ3n) is 5.93. The fraction of sp³-hybridized carbons (Fsp3) is 0.296. The van der Waals surface area contributed by atoms with Crippen molar-refractivity contribution in [3.8, 4) is 0 Å². The number of nitrogens with one attached hydrogen (secondary N) is 1. The predicted octanol–water partition coefficient (Wildman–Crippen LogP) is 5.10. The zero-order valence-electron chi connectivity index (χ0n) is 19.0. The number of aromatic nitrogens is 1. The molecular weight excluding hydrogens is 417 g/mol. The number of carbonyl (C=O) groups is 2. The van der Waals surface area contributed by atoms with Crippen molar-refractivity contribution in [3.63, 3.8) is 0 Å². The van der Waals surface area contributed by atoms with Crippen LogP contribution in [-0.2, 0) is 11.2 Å². The standard InChI is InChI=1S/C27H28FN3O2/c1-18-14-21(15-20-5-9-24(28)10-6-20)16-26(29-18)23-4-3-13-31(17-23)27(33)22-7-11-25(12-8-22)30-19(2)32/h5-12,14,16,23H,3-4,13,15,17H2,1-2H3,(H,30,32)/t23-/m0/s1. The maximum absolute atomic E-state index is 13.2. The first-order valence-electron chi connectivity index (χ1n) is 11.3. The fourth-order valence-corrected chi connectivity index (χ4v) is 4.40. The van der Waals surface area contributed by atoms with Crippen molar-refractivity contribution in [2.24, 2.45) is 0 Å². The minimum atomic E-state index is -0.234. The summed E-state index contributed by atoms with van der Waals surface area (Å²) in [5, 5.41) is 2.72. The van der Waals surface area contributed by atoms with Crippen molar-refractivity contribution in [1.29, 1.82) is 0 Å². The molecule has 1 aromatic heterocycles. The van der Waals surface area contributed by atoms with E-state index in [0.29, 0.717) is 24.2 Å². The molecule has 3 aromatic rings. The van der Waals surface area contributed by atoms with Gasteiger partial charge in [0.25, 0.3) is 5.91 Å². The fourth-order valence-electron chi connectivity index (χ4n) is 4.40. The van der Waals surface area contributed by atoms with Crippen LogP contribution in [0.25, 0.3) is 0 Å². The summed E-state index contributed by atoms with van der Waals surface area (Å²) in [7, 11) is 0. The van der Waals surface area contributed by atoms with Gasteiger partial charge in [0.15, 0.2) is 0 Å². The third kappa shape index (κ3) is 5.83. The Morgan fingerprint density at radius 2 is 1.79 bits per heavy atom. The van der Waals surface area contributed by atoms with Crippen LogP contribution in [0.4, 0.5) is 10.1 Å².